The Morgan fingerprint density at radius 2 is 2.08 bits per heavy atom. The van der Waals surface area contributed by atoms with E-state index in [4.69, 9.17) is 10.4 Å². The maximum Gasteiger partial charge on any atom is 0.338 e. The largest absolute Gasteiger partial charge is 0.478 e. The number of nitrogens with zero attached hydrogens (tertiary/aromatic N) is 5. The van der Waals surface area contributed by atoms with Crippen molar-refractivity contribution < 1.29 is 9.90 Å². The number of carboxylic acids is 1. The zero-order chi connectivity index (χ0) is 16.9. The van der Waals surface area contributed by atoms with Crippen molar-refractivity contribution in [1.82, 2.24) is 19.7 Å². The van der Waals surface area contributed by atoms with Gasteiger partial charge in [0.05, 0.1) is 11.8 Å². The molecule has 24 heavy (non-hydrogen) atoms. The molecule has 0 fully saturated rings. The van der Waals surface area contributed by atoms with Crippen LogP contribution in [0, 0.1) is 11.3 Å². The fourth-order valence-electron chi connectivity index (χ4n) is 2.02. The molecule has 3 aromatic rings. The molecule has 2 N–H and O–H groups in total. The molecule has 0 bridgehead atoms. The second kappa shape index (κ2) is 6.58. The number of carbonyl (C=O) groups is 1. The normalized spacial score (nSPS) is 10.1. The van der Waals surface area contributed by atoms with Crippen LogP contribution in [0.5, 0.6) is 0 Å². The minimum atomic E-state index is -1.10. The van der Waals surface area contributed by atoms with E-state index in [2.05, 4.69) is 20.4 Å². The fraction of sp³-hybridized carbons (Fsp3) is 0.0625. The highest BCUT2D eigenvalue weighted by atomic mass is 16.4. The minimum absolute atomic E-state index is 0.0137. The van der Waals surface area contributed by atoms with E-state index in [0.29, 0.717) is 12.4 Å². The predicted molar refractivity (Wildman–Crippen MR) is 84.6 cm³/mol. The number of hydrogen-bond donors (Lipinski definition) is 2. The molecule has 0 amide bonds. The molecule has 2 heterocycles. The molecule has 2 aromatic heterocycles. The summed E-state index contributed by atoms with van der Waals surface area (Å²) in [5, 5.41) is 25.1. The van der Waals surface area contributed by atoms with Crippen molar-refractivity contribution in [1.29, 1.82) is 5.26 Å². The first-order chi connectivity index (χ1) is 11.7. The van der Waals surface area contributed by atoms with E-state index in [0.717, 1.165) is 5.56 Å². The Hall–Kier alpha value is -3.73. The summed E-state index contributed by atoms with van der Waals surface area (Å²) in [5.74, 6) is -0.523. The molecule has 3 rings (SSSR count). The molecule has 0 unspecified atom stereocenters. The van der Waals surface area contributed by atoms with Crippen LogP contribution in [0.4, 0.5) is 5.82 Å². The van der Waals surface area contributed by atoms with Gasteiger partial charge < -0.3 is 10.4 Å². The third-order valence-electron chi connectivity index (χ3n) is 3.18. The van der Waals surface area contributed by atoms with E-state index in [-0.39, 0.29) is 17.2 Å². The Morgan fingerprint density at radius 3 is 2.75 bits per heavy atom. The summed E-state index contributed by atoms with van der Waals surface area (Å²) in [4.78, 5) is 19.3. The van der Waals surface area contributed by atoms with Gasteiger partial charge in [0.2, 0.25) is 0 Å². The van der Waals surface area contributed by atoms with Crippen LogP contribution < -0.4 is 5.32 Å². The van der Waals surface area contributed by atoms with Crippen LogP contribution in [-0.4, -0.2) is 30.8 Å². The van der Waals surface area contributed by atoms with Crippen LogP contribution in [0.15, 0.2) is 48.8 Å². The highest BCUT2D eigenvalue weighted by molar-refractivity contribution is 5.86. The van der Waals surface area contributed by atoms with Gasteiger partial charge in [-0.1, -0.05) is 30.3 Å². The van der Waals surface area contributed by atoms with E-state index in [1.165, 1.54) is 23.1 Å². The molecule has 0 atom stereocenters. The average molecular weight is 320 g/mol. The zero-order valence-corrected chi connectivity index (χ0v) is 12.4. The average Bonchev–Trinajstić information content (AvgIpc) is 3.11. The van der Waals surface area contributed by atoms with Gasteiger partial charge in [-0.3, -0.25) is 0 Å². The second-order valence-corrected chi connectivity index (χ2v) is 4.87. The molecule has 118 valence electrons. The molecule has 0 saturated heterocycles. The number of nitriles is 1. The van der Waals surface area contributed by atoms with Gasteiger partial charge in [0.25, 0.3) is 5.95 Å². The molecule has 0 aliphatic rings. The van der Waals surface area contributed by atoms with Crippen molar-refractivity contribution in [3.63, 3.8) is 0 Å². The van der Waals surface area contributed by atoms with Gasteiger partial charge in [0.15, 0.2) is 0 Å². The molecule has 0 aliphatic carbocycles. The Labute approximate surface area is 137 Å². The van der Waals surface area contributed by atoms with Crippen LogP contribution in [0.3, 0.4) is 0 Å². The Morgan fingerprint density at radius 1 is 1.29 bits per heavy atom. The standard InChI is InChI=1S/C16H12N6O2/c17-7-13-6-14(18-8-11-4-2-1-3-5-11)21-16(20-13)22-10-12(9-19-22)15(23)24/h1-6,9-10H,8H2,(H,23,24)(H,18,20,21). The second-order valence-electron chi connectivity index (χ2n) is 4.87. The zero-order valence-electron chi connectivity index (χ0n) is 12.4. The predicted octanol–water partition coefficient (Wildman–Crippen LogP) is 1.84. The van der Waals surface area contributed by atoms with E-state index < -0.39 is 5.97 Å². The first kappa shape index (κ1) is 15.2. The number of nitrogens with one attached hydrogen (secondary N) is 1. The lowest BCUT2D eigenvalue weighted by Crippen LogP contribution is -2.08. The molecule has 8 nitrogen and oxygen atoms in total. The molecule has 8 heteroatoms. The van der Waals surface area contributed by atoms with Gasteiger partial charge in [0.1, 0.15) is 17.6 Å². The summed E-state index contributed by atoms with van der Waals surface area (Å²) in [6.45, 7) is 0.529. The minimum Gasteiger partial charge on any atom is -0.478 e. The van der Waals surface area contributed by atoms with Gasteiger partial charge in [0, 0.05) is 18.8 Å². The SMILES string of the molecule is N#Cc1cc(NCc2ccccc2)nc(-n2cc(C(=O)O)cn2)n1. The maximum atomic E-state index is 10.9. The number of anilines is 1. The Kier molecular flexibility index (Phi) is 4.16. The number of carboxylic acid groups (broad SMARTS) is 1. The number of aromatic carboxylic acids is 1. The third-order valence-corrected chi connectivity index (χ3v) is 3.18. The van der Waals surface area contributed by atoms with Crippen LogP contribution in [0.1, 0.15) is 21.6 Å². The summed E-state index contributed by atoms with van der Waals surface area (Å²) < 4.78 is 1.22. The van der Waals surface area contributed by atoms with Crippen molar-refractivity contribution in [2.45, 2.75) is 6.54 Å². The summed E-state index contributed by atoms with van der Waals surface area (Å²) in [6, 6.07) is 13.2. The lowest BCUT2D eigenvalue weighted by Gasteiger charge is -2.08. The van der Waals surface area contributed by atoms with Crippen LogP contribution >= 0.6 is 0 Å². The van der Waals surface area contributed by atoms with Crippen molar-refractivity contribution in [2.24, 2.45) is 0 Å². The molecule has 1 aromatic carbocycles. The molecule has 0 aliphatic heterocycles. The number of rotatable bonds is 5. The first-order valence-electron chi connectivity index (χ1n) is 7.01. The third kappa shape index (κ3) is 3.36. The van der Waals surface area contributed by atoms with Gasteiger partial charge >= 0.3 is 5.97 Å². The fourth-order valence-corrected chi connectivity index (χ4v) is 2.02. The maximum absolute atomic E-state index is 10.9. The quantitative estimate of drug-likeness (QED) is 0.736. The lowest BCUT2D eigenvalue weighted by atomic mass is 10.2. The number of aromatic nitrogens is 4. The van der Waals surface area contributed by atoms with Crippen LogP contribution in [0.25, 0.3) is 5.95 Å². The Balaban J connectivity index is 1.87. The summed E-state index contributed by atoms with van der Waals surface area (Å²) in [6.07, 6.45) is 2.49. The summed E-state index contributed by atoms with van der Waals surface area (Å²) in [5.41, 5.74) is 1.23. The number of benzene rings is 1. The lowest BCUT2D eigenvalue weighted by molar-refractivity contribution is 0.0697. The highest BCUT2D eigenvalue weighted by Crippen LogP contribution is 2.12. The number of hydrogen-bond acceptors (Lipinski definition) is 6. The molecular formula is C16H12N6O2. The van der Waals surface area contributed by atoms with E-state index >= 15 is 0 Å². The molecule has 0 radical (unpaired) electrons. The van der Waals surface area contributed by atoms with Crippen molar-refractivity contribution >= 4 is 11.8 Å². The van der Waals surface area contributed by atoms with Crippen molar-refractivity contribution in [3.05, 3.63) is 65.6 Å². The van der Waals surface area contributed by atoms with Gasteiger partial charge in [-0.2, -0.15) is 15.3 Å². The monoisotopic (exact) mass is 320 g/mol. The molecule has 0 spiro atoms. The van der Waals surface area contributed by atoms with E-state index in [1.54, 1.807) is 0 Å². The van der Waals surface area contributed by atoms with Crippen LogP contribution in [-0.2, 0) is 6.54 Å². The smallest absolute Gasteiger partial charge is 0.338 e. The highest BCUT2D eigenvalue weighted by Gasteiger charge is 2.11. The topological polar surface area (TPSA) is 117 Å². The van der Waals surface area contributed by atoms with Crippen molar-refractivity contribution in [3.8, 4) is 12.0 Å². The first-order valence-corrected chi connectivity index (χ1v) is 7.01. The Bertz CT molecular complexity index is 914. The van der Waals surface area contributed by atoms with Crippen molar-refractivity contribution in [2.75, 3.05) is 5.32 Å². The van der Waals surface area contributed by atoms with Gasteiger partial charge in [-0.05, 0) is 5.56 Å². The van der Waals surface area contributed by atoms with E-state index in [1.807, 2.05) is 36.4 Å². The van der Waals surface area contributed by atoms with Gasteiger partial charge in [-0.25, -0.2) is 14.5 Å². The molecular weight excluding hydrogens is 308 g/mol. The summed E-state index contributed by atoms with van der Waals surface area (Å²) in [7, 11) is 0. The van der Waals surface area contributed by atoms with E-state index in [9.17, 15) is 4.79 Å². The van der Waals surface area contributed by atoms with Gasteiger partial charge in [-0.15, -0.1) is 0 Å². The summed E-state index contributed by atoms with van der Waals surface area (Å²) >= 11 is 0. The molecule has 0 saturated carbocycles. The van der Waals surface area contributed by atoms with Crippen LogP contribution in [0.2, 0.25) is 0 Å².